The number of anilines is 1. The molecule has 0 saturated carbocycles. The number of nitrogens with zero attached hydrogens (tertiary/aromatic N) is 2. The van der Waals surface area contributed by atoms with Crippen LogP contribution in [0.15, 0.2) is 47.5 Å². The molecular weight excluding hydrogens is 406 g/mol. The first-order valence-corrected chi connectivity index (χ1v) is 10.3. The number of carbonyl (C=O) groups is 2. The fraction of sp³-hybridized carbons (Fsp3) is 0.278. The molecule has 0 aliphatic carbocycles. The maximum atomic E-state index is 12.4. The molecule has 28 heavy (non-hydrogen) atoms. The molecule has 0 unspecified atom stereocenters. The highest BCUT2D eigenvalue weighted by Crippen LogP contribution is 2.18. The van der Waals surface area contributed by atoms with Gasteiger partial charge in [0, 0.05) is 25.0 Å². The van der Waals surface area contributed by atoms with Crippen LogP contribution in [0.5, 0.6) is 0 Å². The van der Waals surface area contributed by atoms with Crippen molar-refractivity contribution in [3.8, 4) is 0 Å². The van der Waals surface area contributed by atoms with E-state index in [2.05, 4.69) is 10.3 Å². The van der Waals surface area contributed by atoms with Gasteiger partial charge in [0.15, 0.2) is 6.61 Å². The summed E-state index contributed by atoms with van der Waals surface area (Å²) >= 11 is 5.79. The van der Waals surface area contributed by atoms with Crippen LogP contribution in [0.1, 0.15) is 24.2 Å². The molecule has 8 nitrogen and oxygen atoms in total. The minimum atomic E-state index is -3.57. The zero-order valence-corrected chi connectivity index (χ0v) is 17.0. The van der Waals surface area contributed by atoms with Gasteiger partial charge in [0.25, 0.3) is 5.91 Å². The number of aromatic nitrogens is 1. The molecule has 1 N–H and O–H groups in total. The van der Waals surface area contributed by atoms with E-state index >= 15 is 0 Å². The van der Waals surface area contributed by atoms with Crippen LogP contribution in [0.25, 0.3) is 0 Å². The normalized spacial score (nSPS) is 11.3. The lowest BCUT2D eigenvalue weighted by atomic mass is 10.3. The van der Waals surface area contributed by atoms with Crippen LogP contribution in [-0.4, -0.2) is 49.3 Å². The van der Waals surface area contributed by atoms with E-state index in [0.717, 1.165) is 0 Å². The van der Waals surface area contributed by atoms with Gasteiger partial charge in [0.1, 0.15) is 5.15 Å². The zero-order valence-electron chi connectivity index (χ0n) is 15.4. The smallest absolute Gasteiger partial charge is 0.341 e. The Kier molecular flexibility index (Phi) is 7.50. The van der Waals surface area contributed by atoms with E-state index in [4.69, 9.17) is 16.3 Å². The predicted octanol–water partition coefficient (Wildman–Crippen LogP) is 2.56. The molecule has 2 rings (SSSR count). The van der Waals surface area contributed by atoms with Crippen LogP contribution in [0.4, 0.5) is 5.69 Å². The second-order valence-corrected chi connectivity index (χ2v) is 7.88. The molecule has 1 heterocycles. The largest absolute Gasteiger partial charge is 0.452 e. The lowest BCUT2D eigenvalue weighted by molar-refractivity contribution is -0.119. The summed E-state index contributed by atoms with van der Waals surface area (Å²) in [6, 6.07) is 8.71. The highest BCUT2D eigenvalue weighted by atomic mass is 35.5. The van der Waals surface area contributed by atoms with Gasteiger partial charge >= 0.3 is 5.97 Å². The van der Waals surface area contributed by atoms with Crippen molar-refractivity contribution in [3.05, 3.63) is 53.3 Å². The summed E-state index contributed by atoms with van der Waals surface area (Å²) in [7, 11) is -3.57. The molecule has 0 radical (unpaired) electrons. The Hall–Kier alpha value is -2.49. The molecule has 150 valence electrons. The van der Waals surface area contributed by atoms with Crippen LogP contribution in [0.3, 0.4) is 0 Å². The van der Waals surface area contributed by atoms with Gasteiger partial charge in [-0.05, 0) is 36.4 Å². The molecule has 0 spiro atoms. The molecule has 0 saturated heterocycles. The number of esters is 1. The lowest BCUT2D eigenvalue weighted by Gasteiger charge is -2.18. The molecule has 1 aromatic heterocycles. The van der Waals surface area contributed by atoms with Crippen molar-refractivity contribution in [2.75, 3.05) is 25.0 Å². The average molecular weight is 426 g/mol. The molecular formula is C18H20ClN3O5S. The number of amides is 1. The van der Waals surface area contributed by atoms with Gasteiger partial charge in [-0.2, -0.15) is 4.31 Å². The zero-order chi connectivity index (χ0) is 20.7. The van der Waals surface area contributed by atoms with E-state index in [1.807, 2.05) is 0 Å². The summed E-state index contributed by atoms with van der Waals surface area (Å²) in [5.41, 5.74) is 0.432. The van der Waals surface area contributed by atoms with Crippen molar-refractivity contribution in [1.29, 1.82) is 0 Å². The quantitative estimate of drug-likeness (QED) is 0.514. The summed E-state index contributed by atoms with van der Waals surface area (Å²) in [4.78, 5) is 27.7. The highest BCUT2D eigenvalue weighted by Gasteiger charge is 2.21. The topological polar surface area (TPSA) is 106 Å². The van der Waals surface area contributed by atoms with E-state index < -0.39 is 28.5 Å². The van der Waals surface area contributed by atoms with Crippen LogP contribution in [0, 0.1) is 0 Å². The van der Waals surface area contributed by atoms with Crippen LogP contribution in [-0.2, 0) is 19.6 Å². The predicted molar refractivity (Wildman–Crippen MR) is 105 cm³/mol. The Labute approximate surface area is 168 Å². The van der Waals surface area contributed by atoms with Gasteiger partial charge in [-0.1, -0.05) is 25.4 Å². The maximum Gasteiger partial charge on any atom is 0.341 e. The monoisotopic (exact) mass is 425 g/mol. The number of nitrogens with one attached hydrogen (secondary N) is 1. The number of ether oxygens (including phenoxy) is 1. The summed E-state index contributed by atoms with van der Waals surface area (Å²) in [5.74, 6) is -1.35. The average Bonchev–Trinajstić information content (AvgIpc) is 2.67. The Morgan fingerprint density at radius 3 is 2.36 bits per heavy atom. The van der Waals surface area contributed by atoms with Gasteiger partial charge in [-0.15, -0.1) is 0 Å². The van der Waals surface area contributed by atoms with Gasteiger partial charge in [0.05, 0.1) is 10.5 Å². The summed E-state index contributed by atoms with van der Waals surface area (Å²) in [5, 5.41) is 2.51. The van der Waals surface area contributed by atoms with Gasteiger partial charge in [0.2, 0.25) is 10.0 Å². The second-order valence-electron chi connectivity index (χ2n) is 5.58. The van der Waals surface area contributed by atoms with E-state index in [-0.39, 0.29) is 15.6 Å². The second kappa shape index (κ2) is 9.63. The van der Waals surface area contributed by atoms with Crippen molar-refractivity contribution < 1.29 is 22.7 Å². The molecule has 1 aromatic carbocycles. The van der Waals surface area contributed by atoms with Crippen molar-refractivity contribution >= 4 is 39.2 Å². The Morgan fingerprint density at radius 1 is 1.14 bits per heavy atom. The Balaban J connectivity index is 1.96. The molecule has 0 bridgehead atoms. The van der Waals surface area contributed by atoms with Crippen LogP contribution in [0.2, 0.25) is 5.15 Å². The summed E-state index contributed by atoms with van der Waals surface area (Å²) < 4.78 is 31.1. The third kappa shape index (κ3) is 5.28. The Morgan fingerprint density at radius 2 is 1.79 bits per heavy atom. The summed E-state index contributed by atoms with van der Waals surface area (Å²) in [6.45, 7) is 3.72. The molecule has 0 atom stereocenters. The van der Waals surface area contributed by atoms with E-state index in [1.54, 1.807) is 13.8 Å². The van der Waals surface area contributed by atoms with Crippen molar-refractivity contribution in [1.82, 2.24) is 9.29 Å². The van der Waals surface area contributed by atoms with E-state index in [9.17, 15) is 18.0 Å². The number of carbonyl (C=O) groups excluding carboxylic acids is 2. The molecule has 0 aliphatic rings. The SMILES string of the molecule is CCN(CC)S(=O)(=O)c1ccc(NC(=O)COC(=O)c2cccnc2Cl)cc1. The molecule has 0 aliphatic heterocycles. The standard InChI is InChI=1S/C18H20ClN3O5S/c1-3-22(4-2)28(25,26)14-9-7-13(8-10-14)21-16(23)12-27-18(24)15-6-5-11-20-17(15)19/h5-11H,3-4,12H2,1-2H3,(H,21,23). The first-order valence-electron chi connectivity index (χ1n) is 8.47. The van der Waals surface area contributed by atoms with E-state index in [1.165, 1.54) is 46.9 Å². The number of rotatable bonds is 8. The molecule has 2 aromatic rings. The summed E-state index contributed by atoms with van der Waals surface area (Å²) in [6.07, 6.45) is 1.43. The van der Waals surface area contributed by atoms with Crippen molar-refractivity contribution in [3.63, 3.8) is 0 Å². The van der Waals surface area contributed by atoms with Gasteiger partial charge in [-0.3, -0.25) is 4.79 Å². The fourth-order valence-electron chi connectivity index (χ4n) is 2.37. The van der Waals surface area contributed by atoms with Crippen molar-refractivity contribution in [2.24, 2.45) is 0 Å². The van der Waals surface area contributed by atoms with Gasteiger partial charge < -0.3 is 10.1 Å². The molecule has 10 heteroatoms. The first kappa shape index (κ1) is 21.8. The van der Waals surface area contributed by atoms with Crippen LogP contribution < -0.4 is 5.32 Å². The lowest BCUT2D eigenvalue weighted by Crippen LogP contribution is -2.30. The minimum absolute atomic E-state index is 0.0158. The number of sulfonamides is 1. The highest BCUT2D eigenvalue weighted by molar-refractivity contribution is 7.89. The molecule has 0 fully saturated rings. The number of hydrogen-bond acceptors (Lipinski definition) is 6. The number of halogens is 1. The number of benzene rings is 1. The maximum absolute atomic E-state index is 12.4. The first-order chi connectivity index (χ1) is 13.3. The third-order valence-electron chi connectivity index (χ3n) is 3.79. The third-order valence-corrected chi connectivity index (χ3v) is 6.16. The fourth-order valence-corrected chi connectivity index (χ4v) is 4.02. The van der Waals surface area contributed by atoms with Gasteiger partial charge in [-0.25, -0.2) is 18.2 Å². The minimum Gasteiger partial charge on any atom is -0.452 e. The number of hydrogen-bond donors (Lipinski definition) is 1. The molecule has 1 amide bonds. The van der Waals surface area contributed by atoms with Crippen LogP contribution >= 0.6 is 11.6 Å². The van der Waals surface area contributed by atoms with Crippen molar-refractivity contribution in [2.45, 2.75) is 18.7 Å². The number of pyridine rings is 1. The Bertz CT molecular complexity index is 944. The van der Waals surface area contributed by atoms with E-state index in [0.29, 0.717) is 18.8 Å².